The summed E-state index contributed by atoms with van der Waals surface area (Å²) in [5, 5.41) is 13.5. The van der Waals surface area contributed by atoms with Gasteiger partial charge in [0.1, 0.15) is 5.54 Å². The van der Waals surface area contributed by atoms with Gasteiger partial charge in [-0.15, -0.1) is 0 Å². The fourth-order valence-electron chi connectivity index (χ4n) is 3.60. The zero-order chi connectivity index (χ0) is 17.3. The van der Waals surface area contributed by atoms with Gasteiger partial charge in [0.2, 0.25) is 0 Å². The van der Waals surface area contributed by atoms with Crippen LogP contribution in [-0.2, 0) is 10.3 Å². The Labute approximate surface area is 140 Å². The third kappa shape index (κ3) is 2.86. The summed E-state index contributed by atoms with van der Waals surface area (Å²) in [6.45, 7) is 2.10. The Morgan fingerprint density at radius 2 is 1.83 bits per heavy atom. The molecular weight excluding hydrogens is 310 g/mol. The van der Waals surface area contributed by atoms with Crippen LogP contribution in [0.3, 0.4) is 0 Å². The molecule has 7 nitrogen and oxygen atoms in total. The second-order valence-electron chi connectivity index (χ2n) is 6.78. The number of amides is 3. The van der Waals surface area contributed by atoms with E-state index in [4.69, 9.17) is 0 Å². The highest BCUT2D eigenvalue weighted by atomic mass is 16.6. The highest BCUT2D eigenvalue weighted by Gasteiger charge is 2.49. The molecule has 0 unspecified atom stereocenters. The van der Waals surface area contributed by atoms with E-state index in [0.29, 0.717) is 18.0 Å². The van der Waals surface area contributed by atoms with Crippen molar-refractivity contribution in [2.45, 2.75) is 44.6 Å². The number of nitrogens with one attached hydrogen (secondary N) is 1. The van der Waals surface area contributed by atoms with Gasteiger partial charge >= 0.3 is 6.03 Å². The lowest BCUT2D eigenvalue weighted by molar-refractivity contribution is -0.384. The number of nitrogens with zero attached hydrogens (tertiary/aromatic N) is 2. The van der Waals surface area contributed by atoms with E-state index in [1.807, 2.05) is 0 Å². The summed E-state index contributed by atoms with van der Waals surface area (Å²) in [5.74, 6) is 0.0830. The molecule has 1 aliphatic carbocycles. The zero-order valence-corrected chi connectivity index (χ0v) is 13.7. The number of non-ortho nitro benzene ring substituents is 1. The minimum absolute atomic E-state index is 0.0433. The van der Waals surface area contributed by atoms with Gasteiger partial charge in [-0.3, -0.25) is 19.8 Å². The van der Waals surface area contributed by atoms with Crippen molar-refractivity contribution in [1.29, 1.82) is 0 Å². The zero-order valence-electron chi connectivity index (χ0n) is 13.7. The molecule has 1 saturated heterocycles. The molecule has 1 saturated carbocycles. The van der Waals surface area contributed by atoms with Crippen molar-refractivity contribution >= 4 is 17.6 Å². The Kier molecular flexibility index (Phi) is 4.26. The van der Waals surface area contributed by atoms with Crippen LogP contribution in [0.2, 0.25) is 0 Å². The second kappa shape index (κ2) is 6.22. The molecule has 3 amide bonds. The molecule has 0 aromatic heterocycles. The molecule has 0 spiro atoms. The number of benzene rings is 1. The van der Waals surface area contributed by atoms with Crippen LogP contribution in [0.15, 0.2) is 24.3 Å². The van der Waals surface area contributed by atoms with Crippen molar-refractivity contribution < 1.29 is 14.5 Å². The molecule has 1 heterocycles. The van der Waals surface area contributed by atoms with Gasteiger partial charge in [-0.05, 0) is 43.4 Å². The largest absolute Gasteiger partial charge is 0.325 e. The van der Waals surface area contributed by atoms with E-state index in [0.717, 1.165) is 25.7 Å². The SMILES string of the molecule is C[C@]1(c2ccc([N+](=O)[O-])cc2)NC(=O)N(CC2CCCCC2)C1=O. The lowest BCUT2D eigenvalue weighted by Crippen LogP contribution is -2.41. The fraction of sp³-hybridized carbons (Fsp3) is 0.529. The van der Waals surface area contributed by atoms with Crippen molar-refractivity contribution in [2.24, 2.45) is 5.92 Å². The van der Waals surface area contributed by atoms with E-state index in [1.54, 1.807) is 6.92 Å². The molecule has 0 radical (unpaired) electrons. The van der Waals surface area contributed by atoms with Gasteiger partial charge in [-0.25, -0.2) is 4.79 Å². The van der Waals surface area contributed by atoms with Gasteiger partial charge in [0, 0.05) is 18.7 Å². The van der Waals surface area contributed by atoms with Crippen LogP contribution in [0.25, 0.3) is 0 Å². The first-order valence-electron chi connectivity index (χ1n) is 8.31. The smallest absolute Gasteiger partial charge is 0.319 e. The molecule has 0 bridgehead atoms. The molecule has 2 fully saturated rings. The second-order valence-corrected chi connectivity index (χ2v) is 6.78. The number of hydrogen-bond acceptors (Lipinski definition) is 4. The maximum absolute atomic E-state index is 12.8. The number of imide groups is 1. The van der Waals surface area contributed by atoms with Crippen molar-refractivity contribution in [3.63, 3.8) is 0 Å². The number of carbonyl (C=O) groups excluding carboxylic acids is 2. The number of carbonyl (C=O) groups is 2. The Morgan fingerprint density at radius 3 is 2.42 bits per heavy atom. The Balaban J connectivity index is 1.79. The first-order chi connectivity index (χ1) is 11.4. The number of urea groups is 1. The topological polar surface area (TPSA) is 92.6 Å². The lowest BCUT2D eigenvalue weighted by Gasteiger charge is -2.26. The van der Waals surface area contributed by atoms with E-state index in [9.17, 15) is 19.7 Å². The quantitative estimate of drug-likeness (QED) is 0.521. The van der Waals surface area contributed by atoms with Gasteiger partial charge in [-0.1, -0.05) is 19.3 Å². The monoisotopic (exact) mass is 331 g/mol. The maximum atomic E-state index is 12.8. The number of hydrogen-bond donors (Lipinski definition) is 1. The van der Waals surface area contributed by atoms with Crippen LogP contribution >= 0.6 is 0 Å². The number of nitro benzene ring substituents is 1. The average molecular weight is 331 g/mol. The molecule has 2 aliphatic rings. The highest BCUT2D eigenvalue weighted by Crippen LogP contribution is 2.32. The number of rotatable bonds is 4. The summed E-state index contributed by atoms with van der Waals surface area (Å²) in [6, 6.07) is 5.38. The molecule has 1 N–H and O–H groups in total. The summed E-state index contributed by atoms with van der Waals surface area (Å²) in [6.07, 6.45) is 5.61. The van der Waals surface area contributed by atoms with Gasteiger partial charge in [0.05, 0.1) is 4.92 Å². The van der Waals surface area contributed by atoms with Gasteiger partial charge in [-0.2, -0.15) is 0 Å². The normalized spacial score (nSPS) is 25.0. The molecular formula is C17H21N3O4. The summed E-state index contributed by atoms with van der Waals surface area (Å²) in [5.41, 5.74) is -0.656. The van der Waals surface area contributed by atoms with Gasteiger partial charge in [0.15, 0.2) is 0 Å². The first kappa shape index (κ1) is 16.4. The molecule has 1 aromatic rings. The molecule has 1 aromatic carbocycles. The minimum Gasteiger partial charge on any atom is -0.319 e. The molecule has 3 rings (SSSR count). The fourth-order valence-corrected chi connectivity index (χ4v) is 3.60. The van der Waals surface area contributed by atoms with Crippen LogP contribution in [0.1, 0.15) is 44.6 Å². The summed E-state index contributed by atoms with van der Waals surface area (Å²) >= 11 is 0. The lowest BCUT2D eigenvalue weighted by atomic mass is 9.88. The predicted octanol–water partition coefficient (Wildman–Crippen LogP) is 2.94. The standard InChI is InChI=1S/C17H21N3O4/c1-17(13-7-9-14(10-8-13)20(23)24)15(21)19(16(22)18-17)11-12-5-3-2-4-6-12/h7-10,12H,2-6,11H2,1H3,(H,18,22)/t17-/m1/s1. The van der Waals surface area contributed by atoms with Gasteiger partial charge in [0.25, 0.3) is 11.6 Å². The van der Waals surface area contributed by atoms with Crippen LogP contribution in [0, 0.1) is 16.0 Å². The van der Waals surface area contributed by atoms with E-state index in [-0.39, 0.29) is 17.6 Å². The van der Waals surface area contributed by atoms with Crippen LogP contribution in [0.5, 0.6) is 0 Å². The van der Waals surface area contributed by atoms with Crippen LogP contribution in [-0.4, -0.2) is 28.3 Å². The van der Waals surface area contributed by atoms with Crippen LogP contribution in [0.4, 0.5) is 10.5 Å². The molecule has 24 heavy (non-hydrogen) atoms. The Bertz CT molecular complexity index is 667. The van der Waals surface area contributed by atoms with Gasteiger partial charge < -0.3 is 5.32 Å². The third-order valence-electron chi connectivity index (χ3n) is 5.10. The van der Waals surface area contributed by atoms with Crippen molar-refractivity contribution in [2.75, 3.05) is 6.54 Å². The van der Waals surface area contributed by atoms with Crippen molar-refractivity contribution in [3.8, 4) is 0 Å². The third-order valence-corrected chi connectivity index (χ3v) is 5.10. The molecule has 128 valence electrons. The van der Waals surface area contributed by atoms with E-state index in [2.05, 4.69) is 5.32 Å². The Hall–Kier alpha value is -2.44. The van der Waals surface area contributed by atoms with Crippen LogP contribution < -0.4 is 5.32 Å². The molecule has 1 atom stereocenters. The van der Waals surface area contributed by atoms with Crippen molar-refractivity contribution in [3.05, 3.63) is 39.9 Å². The highest BCUT2D eigenvalue weighted by molar-refractivity contribution is 6.07. The molecule has 7 heteroatoms. The maximum Gasteiger partial charge on any atom is 0.325 e. The predicted molar refractivity (Wildman–Crippen MR) is 87.3 cm³/mol. The summed E-state index contributed by atoms with van der Waals surface area (Å²) < 4.78 is 0. The Morgan fingerprint density at radius 1 is 1.21 bits per heavy atom. The summed E-state index contributed by atoms with van der Waals surface area (Å²) in [4.78, 5) is 36.7. The first-order valence-corrected chi connectivity index (χ1v) is 8.31. The van der Waals surface area contributed by atoms with E-state index >= 15 is 0 Å². The summed E-state index contributed by atoms with van der Waals surface area (Å²) in [7, 11) is 0. The average Bonchev–Trinajstić information content (AvgIpc) is 2.80. The van der Waals surface area contributed by atoms with Crippen molar-refractivity contribution in [1.82, 2.24) is 10.2 Å². The molecule has 1 aliphatic heterocycles. The van der Waals surface area contributed by atoms with E-state index in [1.165, 1.54) is 35.6 Å². The number of nitro groups is 1. The van der Waals surface area contributed by atoms with E-state index < -0.39 is 10.5 Å². The minimum atomic E-state index is -1.17.